The minimum Gasteiger partial charge on any atom is -0.611 e. The SMILES string of the molecule is COC([O-])=C=C1C=CC(=[NH2+])C=C1. The Hall–Kier alpha value is -1.73. The van der Waals surface area contributed by atoms with Gasteiger partial charge < -0.3 is 9.84 Å². The third kappa shape index (κ3) is 2.15. The van der Waals surface area contributed by atoms with Crippen LogP contribution in [0.15, 0.2) is 41.6 Å². The van der Waals surface area contributed by atoms with Gasteiger partial charge in [0, 0.05) is 17.7 Å². The van der Waals surface area contributed by atoms with E-state index in [-0.39, 0.29) is 0 Å². The minimum atomic E-state index is -0.486. The molecule has 0 unspecified atom stereocenters. The molecule has 62 valence electrons. The average molecular weight is 163 g/mol. The molecule has 3 nitrogen and oxygen atoms in total. The molecule has 2 N–H and O–H groups in total. The molecule has 0 atom stereocenters. The smallest absolute Gasteiger partial charge is 0.196 e. The fraction of sp³-hybridized carbons (Fsp3) is 0.111. The molecule has 0 heterocycles. The first-order valence-electron chi connectivity index (χ1n) is 3.43. The number of ether oxygens (including phenoxy) is 1. The Morgan fingerprint density at radius 2 is 2.00 bits per heavy atom. The summed E-state index contributed by atoms with van der Waals surface area (Å²) in [6.45, 7) is 0. The van der Waals surface area contributed by atoms with Gasteiger partial charge in [0.25, 0.3) is 0 Å². The number of rotatable bonds is 1. The van der Waals surface area contributed by atoms with E-state index in [0.717, 1.165) is 0 Å². The van der Waals surface area contributed by atoms with Gasteiger partial charge >= 0.3 is 0 Å². The molecule has 1 aliphatic rings. The molecule has 0 aromatic carbocycles. The van der Waals surface area contributed by atoms with Crippen molar-refractivity contribution in [3.63, 3.8) is 0 Å². The highest BCUT2D eigenvalue weighted by Crippen LogP contribution is 2.03. The standard InChI is InChI=1S/C9H9NO2/c1-12-9(11)6-7-2-4-8(10)5-3-7/h2-5,10-11H,1H3. The Balaban J connectivity index is 2.94. The quantitative estimate of drug-likeness (QED) is 0.385. The summed E-state index contributed by atoms with van der Waals surface area (Å²) >= 11 is 0. The van der Waals surface area contributed by atoms with Crippen molar-refractivity contribution in [3.05, 3.63) is 41.6 Å². The number of hydrogen-bond acceptors (Lipinski definition) is 2. The van der Waals surface area contributed by atoms with Gasteiger partial charge in [-0.3, -0.25) is 5.41 Å². The molecule has 1 aliphatic carbocycles. The molecule has 12 heavy (non-hydrogen) atoms. The summed E-state index contributed by atoms with van der Waals surface area (Å²) in [5.41, 5.74) is 3.82. The van der Waals surface area contributed by atoms with Crippen molar-refractivity contribution in [2.24, 2.45) is 0 Å². The molecule has 1 rings (SSSR count). The van der Waals surface area contributed by atoms with Crippen LogP contribution in [0.3, 0.4) is 0 Å². The van der Waals surface area contributed by atoms with E-state index >= 15 is 0 Å². The van der Waals surface area contributed by atoms with Gasteiger partial charge in [-0.1, -0.05) is 5.73 Å². The third-order valence-electron chi connectivity index (χ3n) is 1.34. The van der Waals surface area contributed by atoms with E-state index in [9.17, 15) is 5.11 Å². The normalized spacial score (nSPS) is 14.4. The largest absolute Gasteiger partial charge is 0.611 e. The molecule has 0 saturated heterocycles. The lowest BCUT2D eigenvalue weighted by atomic mass is 10.1. The van der Waals surface area contributed by atoms with Gasteiger partial charge in [0.05, 0.1) is 5.95 Å². The second-order valence-electron chi connectivity index (χ2n) is 2.24. The zero-order valence-electron chi connectivity index (χ0n) is 6.70. The van der Waals surface area contributed by atoms with Gasteiger partial charge in [0.2, 0.25) is 0 Å². The molecule has 0 aliphatic heterocycles. The van der Waals surface area contributed by atoms with Gasteiger partial charge in [-0.05, 0) is 19.3 Å². The zero-order chi connectivity index (χ0) is 8.97. The summed E-state index contributed by atoms with van der Waals surface area (Å²) in [6, 6.07) is 0. The monoisotopic (exact) mass is 163 g/mol. The summed E-state index contributed by atoms with van der Waals surface area (Å²) in [4.78, 5) is 0. The number of methoxy groups -OCH3 is 1. The molecule has 3 heteroatoms. The second kappa shape index (κ2) is 3.60. The van der Waals surface area contributed by atoms with Crippen molar-refractivity contribution in [1.82, 2.24) is 0 Å². The van der Waals surface area contributed by atoms with Crippen molar-refractivity contribution in [1.29, 1.82) is 0 Å². The lowest BCUT2D eigenvalue weighted by Gasteiger charge is -2.04. The van der Waals surface area contributed by atoms with Crippen LogP contribution in [0.5, 0.6) is 0 Å². The van der Waals surface area contributed by atoms with Crippen LogP contribution in [0, 0.1) is 0 Å². The Labute approximate surface area is 70.5 Å². The predicted octanol–water partition coefficient (Wildman–Crippen LogP) is -1.31. The Bertz CT molecular complexity index is 299. The van der Waals surface area contributed by atoms with Gasteiger partial charge in [-0.25, -0.2) is 0 Å². The third-order valence-corrected chi connectivity index (χ3v) is 1.34. The van der Waals surface area contributed by atoms with Crippen LogP contribution in [0.1, 0.15) is 0 Å². The van der Waals surface area contributed by atoms with Gasteiger partial charge in [0.15, 0.2) is 5.71 Å². The Kier molecular flexibility index (Phi) is 2.51. The molecule has 0 radical (unpaired) electrons. The van der Waals surface area contributed by atoms with Crippen molar-refractivity contribution < 1.29 is 15.3 Å². The van der Waals surface area contributed by atoms with E-state index < -0.39 is 5.95 Å². The summed E-state index contributed by atoms with van der Waals surface area (Å²) in [6.07, 6.45) is 6.80. The molecular weight excluding hydrogens is 154 g/mol. The first-order chi connectivity index (χ1) is 5.72. The van der Waals surface area contributed by atoms with Crippen molar-refractivity contribution in [2.75, 3.05) is 7.11 Å². The molecule has 0 bridgehead atoms. The van der Waals surface area contributed by atoms with Gasteiger partial charge in [-0.2, -0.15) is 0 Å². The summed E-state index contributed by atoms with van der Waals surface area (Å²) in [5, 5.41) is 16.1. The molecule has 0 spiro atoms. The lowest BCUT2D eigenvalue weighted by Crippen LogP contribution is -2.37. The lowest BCUT2D eigenvalue weighted by molar-refractivity contribution is -0.352. The van der Waals surface area contributed by atoms with E-state index in [4.69, 9.17) is 5.41 Å². The highest BCUT2D eigenvalue weighted by atomic mass is 16.6. The average Bonchev–Trinajstić information content (AvgIpc) is 2.09. The van der Waals surface area contributed by atoms with Crippen molar-refractivity contribution >= 4 is 5.71 Å². The fourth-order valence-corrected chi connectivity index (χ4v) is 0.735. The van der Waals surface area contributed by atoms with E-state index in [1.807, 2.05) is 0 Å². The maximum absolute atomic E-state index is 10.7. The van der Waals surface area contributed by atoms with Crippen LogP contribution < -0.4 is 10.5 Å². The van der Waals surface area contributed by atoms with Crippen LogP contribution in [-0.2, 0) is 4.74 Å². The molecule has 0 aromatic heterocycles. The molecule has 0 aromatic rings. The first kappa shape index (κ1) is 8.37. The van der Waals surface area contributed by atoms with Gasteiger partial charge in [0.1, 0.15) is 0 Å². The molecule has 0 saturated carbocycles. The van der Waals surface area contributed by atoms with Gasteiger partial charge in [-0.15, -0.1) is 0 Å². The Morgan fingerprint density at radius 3 is 2.50 bits per heavy atom. The molecule has 0 fully saturated rings. The topological polar surface area (TPSA) is 57.9 Å². The van der Waals surface area contributed by atoms with E-state index in [1.54, 1.807) is 24.3 Å². The maximum Gasteiger partial charge on any atom is 0.196 e. The summed E-state index contributed by atoms with van der Waals surface area (Å²) < 4.78 is 4.40. The zero-order valence-corrected chi connectivity index (χ0v) is 6.70. The predicted molar refractivity (Wildman–Crippen MR) is 42.8 cm³/mol. The van der Waals surface area contributed by atoms with E-state index in [2.05, 4.69) is 10.5 Å². The van der Waals surface area contributed by atoms with Crippen molar-refractivity contribution in [2.45, 2.75) is 0 Å². The molecule has 0 amide bonds. The van der Waals surface area contributed by atoms with Crippen LogP contribution in [0.2, 0.25) is 0 Å². The van der Waals surface area contributed by atoms with Crippen LogP contribution >= 0.6 is 0 Å². The van der Waals surface area contributed by atoms with Crippen molar-refractivity contribution in [3.8, 4) is 0 Å². The number of allylic oxidation sites excluding steroid dienone is 5. The highest BCUT2D eigenvalue weighted by Gasteiger charge is 1.97. The van der Waals surface area contributed by atoms with Crippen LogP contribution in [0.4, 0.5) is 0 Å². The minimum absolute atomic E-state index is 0.486. The van der Waals surface area contributed by atoms with E-state index in [1.165, 1.54) is 7.11 Å². The first-order valence-corrected chi connectivity index (χ1v) is 3.43. The van der Waals surface area contributed by atoms with Crippen LogP contribution in [0.25, 0.3) is 0 Å². The fourth-order valence-electron chi connectivity index (χ4n) is 0.735. The maximum atomic E-state index is 10.7. The molecular formula is C9H9NO2. The summed E-state index contributed by atoms with van der Waals surface area (Å²) in [5.74, 6) is -0.486. The number of nitrogens with two attached hydrogens (primary N) is 1. The second-order valence-corrected chi connectivity index (χ2v) is 2.24. The Morgan fingerprint density at radius 1 is 1.42 bits per heavy atom. The van der Waals surface area contributed by atoms with E-state index in [0.29, 0.717) is 11.3 Å². The van der Waals surface area contributed by atoms with Crippen LogP contribution in [-0.4, -0.2) is 12.8 Å². The highest BCUT2D eigenvalue weighted by molar-refractivity contribution is 6.01. The number of hydrogen-bond donors (Lipinski definition) is 1. The summed E-state index contributed by atoms with van der Waals surface area (Å²) in [7, 11) is 1.31.